The van der Waals surface area contributed by atoms with Crippen molar-refractivity contribution in [3.8, 4) is 0 Å². The maximum atomic E-state index is 6.04. The second-order valence-electron chi connectivity index (χ2n) is 3.08. The van der Waals surface area contributed by atoms with Gasteiger partial charge in [-0.05, 0) is 42.9 Å². The molecule has 13 heavy (non-hydrogen) atoms. The van der Waals surface area contributed by atoms with Crippen molar-refractivity contribution >= 4 is 11.6 Å². The van der Waals surface area contributed by atoms with Crippen LogP contribution in [0.25, 0.3) is 0 Å². The van der Waals surface area contributed by atoms with Crippen LogP contribution in [0, 0.1) is 0 Å². The second kappa shape index (κ2) is 5.29. The topological polar surface area (TPSA) is 0 Å². The van der Waals surface area contributed by atoms with Gasteiger partial charge in [-0.3, -0.25) is 0 Å². The molecule has 1 aromatic carbocycles. The van der Waals surface area contributed by atoms with E-state index in [1.54, 1.807) is 0 Å². The SMILES string of the molecule is CC.Clc1cccc2c1CCCC2. The molecule has 1 heteroatoms. The van der Waals surface area contributed by atoms with E-state index in [-0.39, 0.29) is 0 Å². The first-order valence-corrected chi connectivity index (χ1v) is 5.52. The van der Waals surface area contributed by atoms with E-state index in [1.807, 2.05) is 26.0 Å². The molecule has 0 fully saturated rings. The summed E-state index contributed by atoms with van der Waals surface area (Å²) in [5, 5.41) is 0.960. The Morgan fingerprint density at radius 1 is 1.08 bits per heavy atom. The van der Waals surface area contributed by atoms with Gasteiger partial charge in [0, 0.05) is 5.02 Å². The first-order valence-electron chi connectivity index (χ1n) is 5.14. The van der Waals surface area contributed by atoms with Crippen molar-refractivity contribution in [2.45, 2.75) is 39.5 Å². The lowest BCUT2D eigenvalue weighted by Gasteiger charge is -2.15. The van der Waals surface area contributed by atoms with Crippen molar-refractivity contribution in [2.24, 2.45) is 0 Å². The van der Waals surface area contributed by atoms with Crippen LogP contribution in [-0.4, -0.2) is 0 Å². The van der Waals surface area contributed by atoms with E-state index in [0.29, 0.717) is 0 Å². The zero-order valence-corrected chi connectivity index (χ0v) is 9.19. The fourth-order valence-corrected chi connectivity index (χ4v) is 2.02. The smallest absolute Gasteiger partial charge is 0.0440 e. The number of fused-ring (bicyclic) bond motifs is 1. The van der Waals surface area contributed by atoms with Gasteiger partial charge in [0.05, 0.1) is 0 Å². The highest BCUT2D eigenvalue weighted by molar-refractivity contribution is 6.31. The van der Waals surface area contributed by atoms with Crippen LogP contribution in [0.2, 0.25) is 5.02 Å². The zero-order chi connectivity index (χ0) is 9.68. The van der Waals surface area contributed by atoms with Gasteiger partial charge in [0.1, 0.15) is 0 Å². The number of hydrogen-bond acceptors (Lipinski definition) is 0. The van der Waals surface area contributed by atoms with Crippen molar-refractivity contribution in [2.75, 3.05) is 0 Å². The molecule has 0 N–H and O–H groups in total. The summed E-state index contributed by atoms with van der Waals surface area (Å²) in [5.74, 6) is 0. The van der Waals surface area contributed by atoms with Crippen LogP contribution in [0.5, 0.6) is 0 Å². The van der Waals surface area contributed by atoms with E-state index in [4.69, 9.17) is 11.6 Å². The van der Waals surface area contributed by atoms with Crippen molar-refractivity contribution in [3.63, 3.8) is 0 Å². The average Bonchev–Trinajstić information content (AvgIpc) is 2.22. The van der Waals surface area contributed by atoms with Crippen LogP contribution in [-0.2, 0) is 12.8 Å². The molecule has 0 unspecified atom stereocenters. The van der Waals surface area contributed by atoms with E-state index < -0.39 is 0 Å². The minimum atomic E-state index is 0.960. The fraction of sp³-hybridized carbons (Fsp3) is 0.500. The Labute approximate surface area is 85.9 Å². The normalized spacial score (nSPS) is 14.1. The third-order valence-corrected chi connectivity index (χ3v) is 2.69. The molecule has 0 atom stereocenters. The number of aryl methyl sites for hydroxylation is 1. The summed E-state index contributed by atoms with van der Waals surface area (Å²) in [5.41, 5.74) is 2.85. The number of benzene rings is 1. The summed E-state index contributed by atoms with van der Waals surface area (Å²) in [6.07, 6.45) is 5.02. The monoisotopic (exact) mass is 196 g/mol. The van der Waals surface area contributed by atoms with E-state index in [2.05, 4.69) is 6.07 Å². The van der Waals surface area contributed by atoms with Crippen LogP contribution >= 0.6 is 11.6 Å². The number of hydrogen-bond donors (Lipinski definition) is 0. The van der Waals surface area contributed by atoms with Crippen molar-refractivity contribution < 1.29 is 0 Å². The first kappa shape index (κ1) is 10.6. The Kier molecular flexibility index (Phi) is 4.31. The van der Waals surface area contributed by atoms with Crippen molar-refractivity contribution in [3.05, 3.63) is 34.3 Å². The van der Waals surface area contributed by atoms with Crippen molar-refractivity contribution in [1.82, 2.24) is 0 Å². The molecule has 0 radical (unpaired) electrons. The molecule has 0 aliphatic heterocycles. The number of halogens is 1. The molecule has 2 rings (SSSR count). The van der Waals surface area contributed by atoms with Crippen LogP contribution in [0.3, 0.4) is 0 Å². The van der Waals surface area contributed by atoms with Gasteiger partial charge in [0.15, 0.2) is 0 Å². The fourth-order valence-electron chi connectivity index (χ4n) is 1.73. The van der Waals surface area contributed by atoms with Gasteiger partial charge >= 0.3 is 0 Å². The molecule has 0 spiro atoms. The van der Waals surface area contributed by atoms with E-state index >= 15 is 0 Å². The van der Waals surface area contributed by atoms with Gasteiger partial charge in [-0.1, -0.05) is 37.6 Å². The Morgan fingerprint density at radius 2 is 1.77 bits per heavy atom. The highest BCUT2D eigenvalue weighted by Crippen LogP contribution is 2.27. The van der Waals surface area contributed by atoms with Gasteiger partial charge in [-0.15, -0.1) is 0 Å². The van der Waals surface area contributed by atoms with Gasteiger partial charge in [-0.2, -0.15) is 0 Å². The summed E-state index contributed by atoms with van der Waals surface area (Å²) in [4.78, 5) is 0. The lowest BCUT2D eigenvalue weighted by atomic mass is 9.92. The third kappa shape index (κ3) is 2.47. The molecular weight excluding hydrogens is 180 g/mol. The standard InChI is InChI=1S/C10H11Cl.C2H6/c11-10-7-3-5-8-4-1-2-6-9(8)10;1-2/h3,5,7H,1-2,4,6H2;1-2H3. The summed E-state index contributed by atoms with van der Waals surface area (Å²) in [6.45, 7) is 4.00. The van der Waals surface area contributed by atoms with Gasteiger partial charge in [0.25, 0.3) is 0 Å². The summed E-state index contributed by atoms with van der Waals surface area (Å²) < 4.78 is 0. The third-order valence-electron chi connectivity index (χ3n) is 2.34. The molecule has 0 heterocycles. The summed E-state index contributed by atoms with van der Waals surface area (Å²) in [6, 6.07) is 6.23. The average molecular weight is 197 g/mol. The van der Waals surface area contributed by atoms with Gasteiger partial charge in [0.2, 0.25) is 0 Å². The predicted octanol–water partition coefficient (Wildman–Crippen LogP) is 4.25. The van der Waals surface area contributed by atoms with Crippen molar-refractivity contribution in [1.29, 1.82) is 0 Å². The predicted molar refractivity (Wildman–Crippen MR) is 59.4 cm³/mol. The Bertz CT molecular complexity index is 266. The van der Waals surface area contributed by atoms with E-state index in [9.17, 15) is 0 Å². The molecule has 0 aromatic heterocycles. The van der Waals surface area contributed by atoms with Crippen LogP contribution in [0.1, 0.15) is 37.8 Å². The van der Waals surface area contributed by atoms with E-state index in [1.165, 1.54) is 36.8 Å². The lowest BCUT2D eigenvalue weighted by molar-refractivity contribution is 0.686. The van der Waals surface area contributed by atoms with E-state index in [0.717, 1.165) is 5.02 Å². The molecule has 72 valence electrons. The minimum Gasteiger partial charge on any atom is -0.0840 e. The molecule has 0 nitrogen and oxygen atoms in total. The largest absolute Gasteiger partial charge is 0.0840 e. The highest BCUT2D eigenvalue weighted by atomic mass is 35.5. The number of rotatable bonds is 0. The van der Waals surface area contributed by atoms with Crippen LogP contribution < -0.4 is 0 Å². The van der Waals surface area contributed by atoms with Gasteiger partial charge in [-0.25, -0.2) is 0 Å². The van der Waals surface area contributed by atoms with Crippen LogP contribution in [0.4, 0.5) is 0 Å². The second-order valence-corrected chi connectivity index (χ2v) is 3.49. The quantitative estimate of drug-likeness (QED) is 0.582. The van der Waals surface area contributed by atoms with Gasteiger partial charge < -0.3 is 0 Å². The zero-order valence-electron chi connectivity index (χ0n) is 8.44. The Morgan fingerprint density at radius 3 is 2.46 bits per heavy atom. The summed E-state index contributed by atoms with van der Waals surface area (Å²) in [7, 11) is 0. The molecule has 0 saturated carbocycles. The maximum absolute atomic E-state index is 6.04. The minimum absolute atomic E-state index is 0.960. The molecule has 0 bridgehead atoms. The first-order chi connectivity index (χ1) is 6.38. The molecule has 0 saturated heterocycles. The molecule has 1 aromatic rings. The Hall–Kier alpha value is -0.490. The van der Waals surface area contributed by atoms with Crippen LogP contribution in [0.15, 0.2) is 18.2 Å². The lowest BCUT2D eigenvalue weighted by Crippen LogP contribution is -2.02. The molecule has 1 aliphatic carbocycles. The maximum Gasteiger partial charge on any atom is 0.0440 e. The molecule has 1 aliphatic rings. The molecular formula is C12H17Cl. The molecule has 0 amide bonds. The summed E-state index contributed by atoms with van der Waals surface area (Å²) >= 11 is 6.04. The Balaban J connectivity index is 0.000000396. The highest BCUT2D eigenvalue weighted by Gasteiger charge is 2.10.